The zero-order chi connectivity index (χ0) is 13.7. The molecule has 5 nitrogen and oxygen atoms in total. The van der Waals surface area contributed by atoms with E-state index < -0.39 is 0 Å². The highest BCUT2D eigenvalue weighted by Gasteiger charge is 2.16. The normalized spacial score (nSPS) is 19.5. The zero-order valence-corrected chi connectivity index (χ0v) is 12.1. The van der Waals surface area contributed by atoms with Crippen LogP contribution in [-0.4, -0.2) is 42.3 Å². The summed E-state index contributed by atoms with van der Waals surface area (Å²) in [6, 6.07) is 2.34. The Labute approximate surface area is 115 Å². The van der Waals surface area contributed by atoms with E-state index in [2.05, 4.69) is 20.2 Å². The average Bonchev–Trinajstić information content (AvgIpc) is 2.39. The molecule has 2 rings (SSSR count). The molecule has 1 aliphatic rings. The molecule has 1 atom stereocenters. The van der Waals surface area contributed by atoms with Gasteiger partial charge in [0.2, 0.25) is 11.8 Å². The predicted octanol–water partition coefficient (Wildman–Crippen LogP) is 1.84. The molecule has 5 heteroatoms. The van der Waals surface area contributed by atoms with Gasteiger partial charge < -0.3 is 15.0 Å². The Morgan fingerprint density at radius 1 is 1.47 bits per heavy atom. The van der Waals surface area contributed by atoms with Crippen molar-refractivity contribution in [3.63, 3.8) is 0 Å². The fraction of sp³-hybridized carbons (Fsp3) is 0.714. The van der Waals surface area contributed by atoms with E-state index in [1.165, 1.54) is 19.3 Å². The molecule has 0 saturated carbocycles. The van der Waals surface area contributed by atoms with Gasteiger partial charge in [-0.15, -0.1) is 0 Å². The van der Waals surface area contributed by atoms with Crippen molar-refractivity contribution in [2.45, 2.75) is 45.3 Å². The molecule has 0 amide bonds. The van der Waals surface area contributed by atoms with Crippen LogP contribution in [0.5, 0.6) is 5.88 Å². The number of hydrogen-bond acceptors (Lipinski definition) is 5. The van der Waals surface area contributed by atoms with Crippen LogP contribution in [0.15, 0.2) is 12.3 Å². The van der Waals surface area contributed by atoms with E-state index in [4.69, 9.17) is 4.74 Å². The second-order valence-electron chi connectivity index (χ2n) is 5.39. The van der Waals surface area contributed by atoms with Crippen LogP contribution in [0.2, 0.25) is 0 Å². The molecule has 0 bridgehead atoms. The van der Waals surface area contributed by atoms with Gasteiger partial charge in [0.15, 0.2) is 0 Å². The van der Waals surface area contributed by atoms with Gasteiger partial charge in [0.1, 0.15) is 0 Å². The van der Waals surface area contributed by atoms with Gasteiger partial charge in [0.25, 0.3) is 0 Å². The van der Waals surface area contributed by atoms with Gasteiger partial charge in [0, 0.05) is 31.9 Å². The quantitative estimate of drug-likeness (QED) is 0.879. The summed E-state index contributed by atoms with van der Waals surface area (Å²) >= 11 is 0. The summed E-state index contributed by atoms with van der Waals surface area (Å²) in [5.41, 5.74) is 0. The standard InChI is InChI=1S/C14H24N4O/c1-11(2)19-13-7-9-16-14(17-13)18(3)10-12-6-4-5-8-15-12/h7,9,11-12,15H,4-6,8,10H2,1-3H3. The Bertz CT molecular complexity index is 391. The molecule has 0 aromatic carbocycles. The molecule has 1 aromatic rings. The number of anilines is 1. The lowest BCUT2D eigenvalue weighted by Crippen LogP contribution is -2.42. The Morgan fingerprint density at radius 2 is 2.32 bits per heavy atom. The van der Waals surface area contributed by atoms with Crippen LogP contribution in [0.4, 0.5) is 5.95 Å². The minimum absolute atomic E-state index is 0.132. The lowest BCUT2D eigenvalue weighted by atomic mass is 10.0. The van der Waals surface area contributed by atoms with Gasteiger partial charge in [-0.25, -0.2) is 4.98 Å². The lowest BCUT2D eigenvalue weighted by molar-refractivity contribution is 0.232. The first-order chi connectivity index (χ1) is 9.15. The molecule has 1 N–H and O–H groups in total. The fourth-order valence-electron chi connectivity index (χ4n) is 2.32. The van der Waals surface area contributed by atoms with Crippen molar-refractivity contribution in [1.82, 2.24) is 15.3 Å². The number of hydrogen-bond donors (Lipinski definition) is 1. The van der Waals surface area contributed by atoms with Crippen molar-refractivity contribution in [2.75, 3.05) is 25.0 Å². The third-order valence-electron chi connectivity index (χ3n) is 3.22. The van der Waals surface area contributed by atoms with Crippen LogP contribution in [0.1, 0.15) is 33.1 Å². The summed E-state index contributed by atoms with van der Waals surface area (Å²) in [7, 11) is 2.03. The van der Waals surface area contributed by atoms with E-state index in [-0.39, 0.29) is 6.10 Å². The zero-order valence-electron chi connectivity index (χ0n) is 12.1. The molecule has 2 heterocycles. The minimum atomic E-state index is 0.132. The molecule has 106 valence electrons. The summed E-state index contributed by atoms with van der Waals surface area (Å²) < 4.78 is 5.60. The lowest BCUT2D eigenvalue weighted by Gasteiger charge is -2.28. The smallest absolute Gasteiger partial charge is 0.228 e. The third-order valence-corrected chi connectivity index (χ3v) is 3.22. The first-order valence-corrected chi connectivity index (χ1v) is 7.09. The summed E-state index contributed by atoms with van der Waals surface area (Å²) in [5, 5.41) is 3.54. The maximum Gasteiger partial charge on any atom is 0.228 e. The third kappa shape index (κ3) is 4.35. The average molecular weight is 264 g/mol. The van der Waals surface area contributed by atoms with Crippen molar-refractivity contribution in [3.8, 4) is 5.88 Å². The molecular weight excluding hydrogens is 240 g/mol. The molecule has 0 spiro atoms. The van der Waals surface area contributed by atoms with Gasteiger partial charge in [0.05, 0.1) is 6.10 Å². The molecule has 1 aliphatic heterocycles. The van der Waals surface area contributed by atoms with E-state index in [1.54, 1.807) is 12.3 Å². The highest BCUT2D eigenvalue weighted by molar-refractivity contribution is 5.31. The predicted molar refractivity (Wildman–Crippen MR) is 76.7 cm³/mol. The Balaban J connectivity index is 1.95. The number of likely N-dealkylation sites (N-methyl/N-ethyl adjacent to an activating group) is 1. The molecule has 1 saturated heterocycles. The van der Waals surface area contributed by atoms with Crippen LogP contribution in [0, 0.1) is 0 Å². The van der Waals surface area contributed by atoms with Crippen LogP contribution in [-0.2, 0) is 0 Å². The second-order valence-corrected chi connectivity index (χ2v) is 5.39. The topological polar surface area (TPSA) is 50.3 Å². The maximum atomic E-state index is 5.60. The number of piperidine rings is 1. The van der Waals surface area contributed by atoms with Crippen molar-refractivity contribution in [2.24, 2.45) is 0 Å². The van der Waals surface area contributed by atoms with Crippen LogP contribution < -0.4 is 15.0 Å². The van der Waals surface area contributed by atoms with E-state index in [1.807, 2.05) is 20.9 Å². The Kier molecular flexibility index (Phi) is 4.96. The van der Waals surface area contributed by atoms with Crippen molar-refractivity contribution in [1.29, 1.82) is 0 Å². The molecule has 1 aromatic heterocycles. The Morgan fingerprint density at radius 3 is 3.00 bits per heavy atom. The maximum absolute atomic E-state index is 5.60. The van der Waals surface area contributed by atoms with Crippen molar-refractivity contribution in [3.05, 3.63) is 12.3 Å². The summed E-state index contributed by atoms with van der Waals surface area (Å²) in [5.74, 6) is 1.37. The number of aromatic nitrogens is 2. The number of ether oxygens (including phenoxy) is 1. The number of rotatable bonds is 5. The molecular formula is C14H24N4O. The van der Waals surface area contributed by atoms with E-state index >= 15 is 0 Å². The van der Waals surface area contributed by atoms with Gasteiger partial charge in [-0.3, -0.25) is 0 Å². The molecule has 0 radical (unpaired) electrons. The second kappa shape index (κ2) is 6.70. The summed E-state index contributed by atoms with van der Waals surface area (Å²) in [4.78, 5) is 10.9. The SMILES string of the molecule is CC(C)Oc1ccnc(N(C)CC2CCCCN2)n1. The van der Waals surface area contributed by atoms with Gasteiger partial charge in [-0.2, -0.15) is 4.98 Å². The van der Waals surface area contributed by atoms with E-state index in [0.717, 1.165) is 19.0 Å². The van der Waals surface area contributed by atoms with Crippen LogP contribution in [0.25, 0.3) is 0 Å². The molecule has 0 aliphatic carbocycles. The first kappa shape index (κ1) is 14.1. The van der Waals surface area contributed by atoms with E-state index in [0.29, 0.717) is 11.9 Å². The minimum Gasteiger partial charge on any atom is -0.475 e. The van der Waals surface area contributed by atoms with Crippen molar-refractivity contribution >= 4 is 5.95 Å². The fourth-order valence-corrected chi connectivity index (χ4v) is 2.32. The first-order valence-electron chi connectivity index (χ1n) is 7.09. The molecule has 19 heavy (non-hydrogen) atoms. The van der Waals surface area contributed by atoms with Gasteiger partial charge in [-0.1, -0.05) is 6.42 Å². The van der Waals surface area contributed by atoms with Crippen molar-refractivity contribution < 1.29 is 4.74 Å². The monoisotopic (exact) mass is 264 g/mol. The number of nitrogens with zero attached hydrogens (tertiary/aromatic N) is 3. The van der Waals surface area contributed by atoms with E-state index in [9.17, 15) is 0 Å². The van der Waals surface area contributed by atoms with Gasteiger partial charge in [-0.05, 0) is 33.2 Å². The number of nitrogens with one attached hydrogen (secondary N) is 1. The Hall–Kier alpha value is -1.36. The molecule has 1 unspecified atom stereocenters. The highest BCUT2D eigenvalue weighted by Crippen LogP contribution is 2.15. The largest absolute Gasteiger partial charge is 0.475 e. The highest BCUT2D eigenvalue weighted by atomic mass is 16.5. The van der Waals surface area contributed by atoms with Crippen LogP contribution >= 0.6 is 0 Å². The summed E-state index contributed by atoms with van der Waals surface area (Å²) in [6.45, 7) is 6.05. The molecule has 1 fully saturated rings. The van der Waals surface area contributed by atoms with Gasteiger partial charge >= 0.3 is 0 Å². The van der Waals surface area contributed by atoms with Crippen LogP contribution in [0.3, 0.4) is 0 Å². The summed E-state index contributed by atoms with van der Waals surface area (Å²) in [6.07, 6.45) is 5.71.